The van der Waals surface area contributed by atoms with Crippen LogP contribution in [-0.2, 0) is 20.0 Å². The number of nitrogens with zero attached hydrogens (tertiary/aromatic N) is 2. The second-order valence-electron chi connectivity index (χ2n) is 9.83. The molecule has 2 aromatic heterocycles. The number of aryl methyl sites for hydroxylation is 1. The number of hydrogen-bond donors (Lipinski definition) is 4. The summed E-state index contributed by atoms with van der Waals surface area (Å²) in [5.41, 5.74) is 2.57. The lowest BCUT2D eigenvalue weighted by molar-refractivity contribution is 0.0691. The van der Waals surface area contributed by atoms with Crippen molar-refractivity contribution in [2.24, 2.45) is 18.9 Å². The number of halogens is 1. The summed E-state index contributed by atoms with van der Waals surface area (Å²) < 4.78 is 2.22. The number of likely N-dealkylation sites (tertiary alicyclic amines) is 1. The van der Waals surface area contributed by atoms with Crippen LogP contribution < -0.4 is 10.9 Å². The van der Waals surface area contributed by atoms with Crippen molar-refractivity contribution in [2.45, 2.75) is 38.8 Å². The lowest BCUT2D eigenvalue weighted by Crippen LogP contribution is -2.27. The Hall–Kier alpha value is -2.81. The van der Waals surface area contributed by atoms with Crippen LogP contribution in [0.25, 0.3) is 22.2 Å². The molecule has 1 saturated carbocycles. The van der Waals surface area contributed by atoms with Gasteiger partial charge >= 0.3 is 5.97 Å². The molecule has 3 aromatic rings. The molecule has 0 spiro atoms. The first kappa shape index (κ1) is 25.3. The van der Waals surface area contributed by atoms with Gasteiger partial charge < -0.3 is 25.1 Å². The highest BCUT2D eigenvalue weighted by Crippen LogP contribution is 2.39. The van der Waals surface area contributed by atoms with E-state index in [1.54, 1.807) is 0 Å². The monoisotopic (exact) mass is 500 g/mol. The van der Waals surface area contributed by atoms with E-state index in [4.69, 9.17) is 0 Å². The largest absolute Gasteiger partial charge is 0.506 e. The molecule has 0 amide bonds. The average Bonchev–Trinajstić information content (AvgIpc) is 3.44. The molecule has 1 aliphatic heterocycles. The molecule has 1 aromatic carbocycles. The van der Waals surface area contributed by atoms with Crippen molar-refractivity contribution in [1.82, 2.24) is 19.8 Å². The van der Waals surface area contributed by atoms with E-state index in [2.05, 4.69) is 39.9 Å². The molecular weight excluding hydrogens is 468 g/mol. The maximum atomic E-state index is 12.4. The minimum absolute atomic E-state index is 0. The zero-order valence-electron chi connectivity index (χ0n) is 20.3. The molecule has 1 aliphatic carbocycles. The van der Waals surface area contributed by atoms with Crippen molar-refractivity contribution in [3.8, 4) is 17.0 Å². The van der Waals surface area contributed by atoms with Gasteiger partial charge in [-0.05, 0) is 61.9 Å². The molecule has 1 unspecified atom stereocenters. The summed E-state index contributed by atoms with van der Waals surface area (Å²) in [4.78, 5) is 29.0. The maximum absolute atomic E-state index is 12.4. The molecule has 1 saturated heterocycles. The fourth-order valence-electron chi connectivity index (χ4n) is 6.12. The fraction of sp³-hybridized carbons (Fsp3) is 0.462. The molecule has 2 fully saturated rings. The number of aromatic nitrogens is 2. The van der Waals surface area contributed by atoms with Gasteiger partial charge in [0.05, 0.1) is 5.69 Å². The van der Waals surface area contributed by atoms with E-state index < -0.39 is 22.8 Å². The highest BCUT2D eigenvalue weighted by molar-refractivity contribution is 5.92. The molecule has 9 heteroatoms. The third-order valence-electron chi connectivity index (χ3n) is 7.91. The number of H-pyrrole nitrogens is 1. The number of aromatic hydroxyl groups is 1. The number of carboxylic acids is 1. The first-order chi connectivity index (χ1) is 16.3. The Morgan fingerprint density at radius 3 is 2.49 bits per heavy atom. The summed E-state index contributed by atoms with van der Waals surface area (Å²) in [5.74, 6) is -0.327. The quantitative estimate of drug-likeness (QED) is 0.413. The minimum atomic E-state index is -1.43. The van der Waals surface area contributed by atoms with Gasteiger partial charge in [-0.15, -0.1) is 12.4 Å². The van der Waals surface area contributed by atoms with Crippen LogP contribution in [0.3, 0.4) is 0 Å². The van der Waals surface area contributed by atoms with Gasteiger partial charge in [0.25, 0.3) is 5.56 Å². The Labute approximate surface area is 210 Å². The highest BCUT2D eigenvalue weighted by atomic mass is 35.5. The summed E-state index contributed by atoms with van der Waals surface area (Å²) in [6, 6.07) is 8.79. The molecule has 4 N–H and O–H groups in total. The zero-order chi connectivity index (χ0) is 24.1. The number of fused-ring (bicyclic) bond motifs is 2. The van der Waals surface area contributed by atoms with Crippen molar-refractivity contribution in [2.75, 3.05) is 20.1 Å². The Morgan fingerprint density at radius 2 is 1.89 bits per heavy atom. The molecule has 8 nitrogen and oxygen atoms in total. The van der Waals surface area contributed by atoms with E-state index >= 15 is 0 Å². The van der Waals surface area contributed by atoms with Gasteiger partial charge in [-0.1, -0.05) is 13.0 Å². The molecule has 35 heavy (non-hydrogen) atoms. The third-order valence-corrected chi connectivity index (χ3v) is 7.91. The van der Waals surface area contributed by atoms with Crippen molar-refractivity contribution in [3.63, 3.8) is 0 Å². The van der Waals surface area contributed by atoms with E-state index in [9.17, 15) is 19.8 Å². The second kappa shape index (κ2) is 9.68. The van der Waals surface area contributed by atoms with Crippen LogP contribution in [0.2, 0.25) is 0 Å². The summed E-state index contributed by atoms with van der Waals surface area (Å²) in [7, 11) is 4.15. The van der Waals surface area contributed by atoms with Gasteiger partial charge in [-0.25, -0.2) is 4.79 Å². The predicted molar refractivity (Wildman–Crippen MR) is 139 cm³/mol. The van der Waals surface area contributed by atoms with Crippen LogP contribution in [0.5, 0.6) is 5.75 Å². The molecule has 0 bridgehead atoms. The Morgan fingerprint density at radius 1 is 1.20 bits per heavy atom. The summed E-state index contributed by atoms with van der Waals surface area (Å²) in [6.45, 7) is 5.02. The van der Waals surface area contributed by atoms with Crippen LogP contribution in [0.4, 0.5) is 0 Å². The first-order valence-corrected chi connectivity index (χ1v) is 12.0. The van der Waals surface area contributed by atoms with Gasteiger partial charge in [0.15, 0.2) is 5.56 Å². The Kier molecular flexibility index (Phi) is 6.99. The molecular formula is C26H33ClN4O4. The number of hydrogen-bond acceptors (Lipinski definition) is 5. The minimum Gasteiger partial charge on any atom is -0.506 e. The van der Waals surface area contributed by atoms with Crippen LogP contribution in [0, 0.1) is 11.8 Å². The molecule has 5 rings (SSSR count). The molecule has 3 atom stereocenters. The second-order valence-corrected chi connectivity index (χ2v) is 9.83. The molecule has 188 valence electrons. The van der Waals surface area contributed by atoms with Crippen molar-refractivity contribution in [3.05, 3.63) is 51.4 Å². The summed E-state index contributed by atoms with van der Waals surface area (Å²) in [5, 5.41) is 24.3. The standard InChI is InChI=1S/C26H32N4O4.ClH/c1-4-20-23(28-25(32)22(24(20)31)26(33)34)14-5-6-21-15(7-14)10-19(29(21)3)13-30-11-16-8-18(27-2)9-17(16)12-30;/h5-7,10,16-18,27H,4,8-9,11-13H2,1-3H3,(H,33,34)(H2,28,31,32);1H/t16-,17+,18?;. The summed E-state index contributed by atoms with van der Waals surface area (Å²) in [6.07, 6.45) is 2.92. The smallest absolute Gasteiger partial charge is 0.345 e. The van der Waals surface area contributed by atoms with Gasteiger partial charge in [-0.3, -0.25) is 9.69 Å². The molecule has 2 aliphatic rings. The van der Waals surface area contributed by atoms with E-state index in [-0.39, 0.29) is 12.4 Å². The first-order valence-electron chi connectivity index (χ1n) is 12.0. The van der Waals surface area contributed by atoms with Crippen molar-refractivity contribution in [1.29, 1.82) is 0 Å². The van der Waals surface area contributed by atoms with E-state index in [1.807, 2.05) is 25.1 Å². The number of aromatic carboxylic acids is 1. The van der Waals surface area contributed by atoms with Crippen LogP contribution in [-0.4, -0.2) is 56.8 Å². The Balaban J connectivity index is 0.00000289. The third kappa shape index (κ3) is 4.35. The average molecular weight is 501 g/mol. The molecule has 3 heterocycles. The number of pyridine rings is 1. The van der Waals surface area contributed by atoms with Gasteiger partial charge in [0.1, 0.15) is 5.75 Å². The normalized spacial score (nSPS) is 21.9. The number of aromatic amines is 1. The number of carboxylic acid groups (broad SMARTS) is 1. The van der Waals surface area contributed by atoms with Crippen LogP contribution >= 0.6 is 12.4 Å². The zero-order valence-corrected chi connectivity index (χ0v) is 21.1. The number of nitrogens with one attached hydrogen (secondary N) is 2. The predicted octanol–water partition coefficient (Wildman–Crippen LogP) is 3.35. The lowest BCUT2D eigenvalue weighted by Gasteiger charge is -2.19. The van der Waals surface area contributed by atoms with Crippen molar-refractivity contribution < 1.29 is 15.0 Å². The number of benzene rings is 1. The van der Waals surface area contributed by atoms with Gasteiger partial charge in [0, 0.05) is 54.9 Å². The van der Waals surface area contributed by atoms with Gasteiger partial charge in [-0.2, -0.15) is 0 Å². The summed E-state index contributed by atoms with van der Waals surface area (Å²) >= 11 is 0. The van der Waals surface area contributed by atoms with Crippen LogP contribution in [0.1, 0.15) is 41.4 Å². The Bertz CT molecular complexity index is 1320. The van der Waals surface area contributed by atoms with Crippen LogP contribution in [0.15, 0.2) is 29.1 Å². The fourth-order valence-corrected chi connectivity index (χ4v) is 6.12. The van der Waals surface area contributed by atoms with Crippen molar-refractivity contribution >= 4 is 29.3 Å². The van der Waals surface area contributed by atoms with E-state index in [1.165, 1.54) is 18.5 Å². The maximum Gasteiger partial charge on any atom is 0.345 e. The SMILES string of the molecule is CCc1c(-c2ccc3c(c2)cc(CN2C[C@H]4CC(NC)C[C@H]4C2)n3C)[nH]c(=O)c(C(=O)O)c1O.Cl. The highest BCUT2D eigenvalue weighted by Gasteiger charge is 2.40. The number of rotatable bonds is 6. The molecule has 0 radical (unpaired) electrons. The van der Waals surface area contributed by atoms with E-state index in [0.29, 0.717) is 23.7 Å². The van der Waals surface area contributed by atoms with E-state index in [0.717, 1.165) is 47.9 Å². The van der Waals surface area contributed by atoms with Gasteiger partial charge in [0.2, 0.25) is 0 Å². The number of carbonyl (C=O) groups is 1. The topological polar surface area (TPSA) is 111 Å². The lowest BCUT2D eigenvalue weighted by atomic mass is 9.99.